The second-order valence-electron chi connectivity index (χ2n) is 7.74. The van der Waals surface area contributed by atoms with Gasteiger partial charge in [-0.2, -0.15) is 0 Å². The highest BCUT2D eigenvalue weighted by molar-refractivity contribution is 5.89. The number of rotatable bonds is 7. The molecule has 0 saturated carbocycles. The Balaban J connectivity index is 1.36. The molecule has 1 saturated heterocycles. The zero-order valence-corrected chi connectivity index (χ0v) is 17.8. The molecular formula is C22H24N8O2. The summed E-state index contributed by atoms with van der Waals surface area (Å²) in [5.74, 6) is 1.05. The average Bonchev–Trinajstić information content (AvgIpc) is 3.53. The van der Waals surface area contributed by atoms with Crippen LogP contribution in [0.2, 0.25) is 0 Å². The molecule has 1 N–H and O–H groups in total. The maximum absolute atomic E-state index is 12.5. The Morgan fingerprint density at radius 2 is 2.03 bits per heavy atom. The van der Waals surface area contributed by atoms with Crippen molar-refractivity contribution in [1.29, 1.82) is 0 Å². The summed E-state index contributed by atoms with van der Waals surface area (Å²) in [5, 5.41) is 3.26. The average molecular weight is 432 g/mol. The summed E-state index contributed by atoms with van der Waals surface area (Å²) in [5.41, 5.74) is 2.40. The molecule has 1 aliphatic heterocycles. The lowest BCUT2D eigenvalue weighted by Gasteiger charge is -2.15. The van der Waals surface area contributed by atoms with E-state index in [1.54, 1.807) is 42.7 Å². The third-order valence-electron chi connectivity index (χ3n) is 5.58. The van der Waals surface area contributed by atoms with Crippen LogP contribution >= 0.6 is 0 Å². The van der Waals surface area contributed by atoms with Gasteiger partial charge in [0.2, 0.25) is 11.8 Å². The fraction of sp³-hybridized carbons (Fsp3) is 0.318. The SMILES string of the molecule is Cn1c(=O)cc(Nc2ccc(OCCN3CCCC3)nc2)c2nc(-n3ccnc3)ncc21. The smallest absolute Gasteiger partial charge is 0.252 e. The van der Waals surface area contributed by atoms with E-state index in [1.807, 2.05) is 12.1 Å². The van der Waals surface area contributed by atoms with Gasteiger partial charge in [0.25, 0.3) is 5.56 Å². The van der Waals surface area contributed by atoms with Crippen molar-refractivity contribution in [1.82, 2.24) is 34.0 Å². The fourth-order valence-electron chi connectivity index (χ4n) is 3.79. The minimum Gasteiger partial charge on any atom is -0.476 e. The molecule has 0 radical (unpaired) electrons. The highest BCUT2D eigenvalue weighted by Crippen LogP contribution is 2.24. The molecule has 5 heterocycles. The maximum atomic E-state index is 12.5. The summed E-state index contributed by atoms with van der Waals surface area (Å²) in [6.07, 6.45) is 10.9. The number of ether oxygens (including phenoxy) is 1. The quantitative estimate of drug-likeness (QED) is 0.474. The Labute approximate surface area is 184 Å². The number of hydrogen-bond donors (Lipinski definition) is 1. The molecule has 4 aromatic rings. The Morgan fingerprint density at radius 3 is 2.78 bits per heavy atom. The van der Waals surface area contributed by atoms with E-state index in [0.29, 0.717) is 35.2 Å². The molecule has 10 heteroatoms. The highest BCUT2D eigenvalue weighted by Gasteiger charge is 2.13. The van der Waals surface area contributed by atoms with Crippen molar-refractivity contribution < 1.29 is 4.74 Å². The van der Waals surface area contributed by atoms with E-state index in [4.69, 9.17) is 4.74 Å². The first-order valence-corrected chi connectivity index (χ1v) is 10.6. The van der Waals surface area contributed by atoms with Crippen LogP contribution in [0.15, 0.2) is 54.1 Å². The normalized spacial score (nSPS) is 14.2. The maximum Gasteiger partial charge on any atom is 0.252 e. The zero-order valence-electron chi connectivity index (χ0n) is 17.8. The van der Waals surface area contributed by atoms with E-state index >= 15 is 0 Å². The lowest BCUT2D eigenvalue weighted by molar-refractivity contribution is 0.232. The van der Waals surface area contributed by atoms with Crippen LogP contribution in [0, 0.1) is 0 Å². The number of nitrogens with zero attached hydrogens (tertiary/aromatic N) is 7. The van der Waals surface area contributed by atoms with E-state index in [-0.39, 0.29) is 5.56 Å². The molecule has 0 aromatic carbocycles. The van der Waals surface area contributed by atoms with Gasteiger partial charge in [0.1, 0.15) is 18.5 Å². The largest absolute Gasteiger partial charge is 0.476 e. The number of fused-ring (bicyclic) bond motifs is 1. The number of aryl methyl sites for hydroxylation is 1. The second-order valence-corrected chi connectivity index (χ2v) is 7.74. The van der Waals surface area contributed by atoms with Crippen LogP contribution in [-0.4, -0.2) is 60.2 Å². The lowest BCUT2D eigenvalue weighted by atomic mass is 10.3. The van der Waals surface area contributed by atoms with E-state index in [9.17, 15) is 4.79 Å². The zero-order chi connectivity index (χ0) is 21.9. The number of pyridine rings is 2. The van der Waals surface area contributed by atoms with Gasteiger partial charge < -0.3 is 14.6 Å². The number of anilines is 2. The summed E-state index contributed by atoms with van der Waals surface area (Å²) in [6.45, 7) is 3.83. The highest BCUT2D eigenvalue weighted by atomic mass is 16.5. The van der Waals surface area contributed by atoms with Crippen molar-refractivity contribution in [2.45, 2.75) is 12.8 Å². The van der Waals surface area contributed by atoms with Crippen LogP contribution < -0.4 is 15.6 Å². The predicted octanol–water partition coefficient (Wildman–Crippen LogP) is 2.13. The molecule has 0 bridgehead atoms. The molecule has 5 rings (SSSR count). The minimum atomic E-state index is -0.159. The van der Waals surface area contributed by atoms with Gasteiger partial charge in [-0.15, -0.1) is 0 Å². The number of imidazole rings is 1. The Hall–Kier alpha value is -3.79. The topological polar surface area (TPSA) is 103 Å². The van der Waals surface area contributed by atoms with Crippen molar-refractivity contribution in [3.05, 3.63) is 59.7 Å². The van der Waals surface area contributed by atoms with Crippen LogP contribution in [0.5, 0.6) is 5.88 Å². The third-order valence-corrected chi connectivity index (χ3v) is 5.58. The Morgan fingerprint density at radius 1 is 1.16 bits per heavy atom. The summed E-state index contributed by atoms with van der Waals surface area (Å²) in [6, 6.07) is 5.22. The van der Waals surface area contributed by atoms with Crippen LogP contribution in [0.4, 0.5) is 11.4 Å². The fourth-order valence-corrected chi connectivity index (χ4v) is 3.79. The van der Waals surface area contributed by atoms with Crippen molar-refractivity contribution in [3.8, 4) is 11.8 Å². The van der Waals surface area contributed by atoms with Gasteiger partial charge in [0, 0.05) is 38.1 Å². The first-order valence-electron chi connectivity index (χ1n) is 10.6. The first kappa shape index (κ1) is 20.1. The van der Waals surface area contributed by atoms with Crippen LogP contribution in [0.3, 0.4) is 0 Å². The van der Waals surface area contributed by atoms with E-state index in [2.05, 4.69) is 30.2 Å². The summed E-state index contributed by atoms with van der Waals surface area (Å²) in [7, 11) is 1.70. The molecule has 32 heavy (non-hydrogen) atoms. The molecule has 0 spiro atoms. The molecule has 10 nitrogen and oxygen atoms in total. The minimum absolute atomic E-state index is 0.159. The van der Waals surface area contributed by atoms with E-state index < -0.39 is 0 Å². The summed E-state index contributed by atoms with van der Waals surface area (Å²) >= 11 is 0. The molecule has 1 fully saturated rings. The van der Waals surface area contributed by atoms with Crippen molar-refractivity contribution >= 4 is 22.4 Å². The molecule has 1 aliphatic rings. The molecule has 164 valence electrons. The summed E-state index contributed by atoms with van der Waals surface area (Å²) in [4.78, 5) is 32.3. The van der Waals surface area contributed by atoms with Crippen LogP contribution in [-0.2, 0) is 7.05 Å². The van der Waals surface area contributed by atoms with Gasteiger partial charge in [0.15, 0.2) is 0 Å². The monoisotopic (exact) mass is 432 g/mol. The number of nitrogens with one attached hydrogen (secondary N) is 1. The van der Waals surface area contributed by atoms with E-state index in [1.165, 1.54) is 23.5 Å². The second kappa shape index (κ2) is 8.75. The molecule has 0 amide bonds. The van der Waals surface area contributed by atoms with Crippen molar-refractivity contribution in [2.75, 3.05) is 31.6 Å². The van der Waals surface area contributed by atoms with Crippen LogP contribution in [0.25, 0.3) is 17.0 Å². The number of aromatic nitrogens is 6. The van der Waals surface area contributed by atoms with Gasteiger partial charge in [-0.05, 0) is 32.0 Å². The predicted molar refractivity (Wildman–Crippen MR) is 121 cm³/mol. The number of hydrogen-bond acceptors (Lipinski definition) is 8. The van der Waals surface area contributed by atoms with Gasteiger partial charge >= 0.3 is 0 Å². The lowest BCUT2D eigenvalue weighted by Crippen LogP contribution is -2.25. The molecule has 0 atom stereocenters. The first-order chi connectivity index (χ1) is 15.7. The van der Waals surface area contributed by atoms with E-state index in [0.717, 1.165) is 25.3 Å². The Bertz CT molecular complexity index is 1260. The van der Waals surface area contributed by atoms with Crippen molar-refractivity contribution in [3.63, 3.8) is 0 Å². The standard InChI is InChI=1S/C22H24N8O2/c1-28-18-14-25-22(30-9-6-23-15-30)27-21(18)17(12-20(28)31)26-16-4-5-19(24-13-16)32-11-10-29-7-2-3-8-29/h4-6,9,12-15,26H,2-3,7-8,10-11H2,1H3. The molecular weight excluding hydrogens is 408 g/mol. The molecule has 0 unspecified atom stereocenters. The van der Waals surface area contributed by atoms with Gasteiger partial charge in [-0.3, -0.25) is 14.3 Å². The van der Waals surface area contributed by atoms with Crippen molar-refractivity contribution in [2.24, 2.45) is 7.05 Å². The molecule has 0 aliphatic carbocycles. The third kappa shape index (κ3) is 4.17. The summed E-state index contributed by atoms with van der Waals surface area (Å²) < 4.78 is 9.01. The van der Waals surface area contributed by atoms with Crippen LogP contribution in [0.1, 0.15) is 12.8 Å². The molecule has 4 aromatic heterocycles. The van der Waals surface area contributed by atoms with Gasteiger partial charge in [-0.1, -0.05) is 0 Å². The number of likely N-dealkylation sites (tertiary alicyclic amines) is 1. The van der Waals surface area contributed by atoms with Gasteiger partial charge in [-0.25, -0.2) is 19.9 Å². The van der Waals surface area contributed by atoms with Gasteiger partial charge in [0.05, 0.1) is 29.3 Å². The Kier molecular flexibility index (Phi) is 5.51.